The fourth-order valence-electron chi connectivity index (χ4n) is 1.84. The Bertz CT molecular complexity index is 681. The summed E-state index contributed by atoms with van der Waals surface area (Å²) in [4.78, 5) is 23.9. The Kier molecular flexibility index (Phi) is 4.95. The molecule has 2 aromatic carbocycles. The summed E-state index contributed by atoms with van der Waals surface area (Å²) in [6, 6.07) is 12.5. The molecule has 21 heavy (non-hydrogen) atoms. The highest BCUT2D eigenvalue weighted by atomic mass is 127. The lowest BCUT2D eigenvalue weighted by molar-refractivity contribution is 0.0961. The number of halogens is 1. The predicted molar refractivity (Wildman–Crippen MR) is 91.7 cm³/mol. The Morgan fingerprint density at radius 3 is 2.19 bits per heavy atom. The molecular weight excluding hydrogens is 379 g/mol. The van der Waals surface area contributed by atoms with Crippen LogP contribution in [-0.2, 0) is 0 Å². The first-order valence-electron chi connectivity index (χ1n) is 6.41. The van der Waals surface area contributed by atoms with Crippen molar-refractivity contribution in [2.45, 2.75) is 6.92 Å². The number of hydrogen-bond acceptors (Lipinski definition) is 2. The second kappa shape index (κ2) is 6.71. The Labute approximate surface area is 137 Å². The Morgan fingerprint density at radius 2 is 1.57 bits per heavy atom. The molecule has 0 saturated carbocycles. The lowest BCUT2D eigenvalue weighted by Gasteiger charge is -2.10. The van der Waals surface area contributed by atoms with E-state index in [0.29, 0.717) is 16.8 Å². The van der Waals surface area contributed by atoms with E-state index in [2.05, 4.69) is 33.2 Å². The van der Waals surface area contributed by atoms with Gasteiger partial charge >= 0.3 is 0 Å². The van der Waals surface area contributed by atoms with Crippen molar-refractivity contribution in [3.63, 3.8) is 0 Å². The maximum atomic E-state index is 12.2. The van der Waals surface area contributed by atoms with Crippen molar-refractivity contribution in [1.29, 1.82) is 0 Å². The van der Waals surface area contributed by atoms with E-state index < -0.39 is 0 Å². The summed E-state index contributed by atoms with van der Waals surface area (Å²) >= 11 is 2.19. The number of benzene rings is 2. The average molecular weight is 394 g/mol. The van der Waals surface area contributed by atoms with Crippen molar-refractivity contribution < 1.29 is 9.59 Å². The van der Waals surface area contributed by atoms with Crippen LogP contribution in [0.15, 0.2) is 42.5 Å². The van der Waals surface area contributed by atoms with E-state index in [4.69, 9.17) is 0 Å². The first-order valence-corrected chi connectivity index (χ1v) is 7.49. The van der Waals surface area contributed by atoms with Gasteiger partial charge in [0.05, 0.1) is 0 Å². The van der Waals surface area contributed by atoms with Gasteiger partial charge in [0, 0.05) is 27.4 Å². The van der Waals surface area contributed by atoms with Gasteiger partial charge < -0.3 is 10.6 Å². The molecule has 0 heterocycles. The van der Waals surface area contributed by atoms with Crippen molar-refractivity contribution >= 4 is 40.1 Å². The van der Waals surface area contributed by atoms with Crippen LogP contribution in [0.2, 0.25) is 0 Å². The summed E-state index contributed by atoms with van der Waals surface area (Å²) in [6.07, 6.45) is 0. The van der Waals surface area contributed by atoms with Crippen LogP contribution in [0.25, 0.3) is 0 Å². The maximum Gasteiger partial charge on any atom is 0.255 e. The van der Waals surface area contributed by atoms with Crippen molar-refractivity contribution in [3.8, 4) is 0 Å². The third-order valence-corrected chi connectivity index (χ3v) is 3.80. The van der Waals surface area contributed by atoms with Gasteiger partial charge in [0.25, 0.3) is 11.8 Å². The Morgan fingerprint density at radius 1 is 0.952 bits per heavy atom. The number of nitrogens with one attached hydrogen (secondary N) is 2. The summed E-state index contributed by atoms with van der Waals surface area (Å²) in [7, 11) is 1.58. The smallest absolute Gasteiger partial charge is 0.255 e. The monoisotopic (exact) mass is 394 g/mol. The third kappa shape index (κ3) is 3.81. The van der Waals surface area contributed by atoms with Gasteiger partial charge in [-0.15, -0.1) is 0 Å². The zero-order valence-electron chi connectivity index (χ0n) is 11.7. The minimum absolute atomic E-state index is 0.181. The van der Waals surface area contributed by atoms with Gasteiger partial charge in [-0.2, -0.15) is 0 Å². The highest BCUT2D eigenvalue weighted by molar-refractivity contribution is 14.1. The lowest BCUT2D eigenvalue weighted by Crippen LogP contribution is -2.19. The summed E-state index contributed by atoms with van der Waals surface area (Å²) in [5.41, 5.74) is 2.64. The van der Waals surface area contributed by atoms with Gasteiger partial charge in [-0.05, 0) is 71.5 Å². The molecule has 0 aliphatic rings. The molecule has 5 heteroatoms. The van der Waals surface area contributed by atoms with Gasteiger partial charge in [-0.1, -0.05) is 6.07 Å². The molecule has 0 aromatic heterocycles. The summed E-state index contributed by atoms with van der Waals surface area (Å²) in [6.45, 7) is 1.89. The molecule has 4 nitrogen and oxygen atoms in total. The average Bonchev–Trinajstić information content (AvgIpc) is 2.49. The van der Waals surface area contributed by atoms with Crippen LogP contribution in [0.3, 0.4) is 0 Å². The van der Waals surface area contributed by atoms with Gasteiger partial charge in [0.15, 0.2) is 0 Å². The molecule has 2 rings (SSSR count). The minimum Gasteiger partial charge on any atom is -0.355 e. The SMILES string of the molecule is CNC(=O)c1ccc(C)c(NC(=O)c2ccc(I)cc2)c1. The highest BCUT2D eigenvalue weighted by Gasteiger charge is 2.10. The van der Waals surface area contributed by atoms with Crippen LogP contribution in [0.5, 0.6) is 0 Å². The molecule has 0 radical (unpaired) electrons. The molecule has 2 aromatic rings. The van der Waals surface area contributed by atoms with E-state index in [-0.39, 0.29) is 11.8 Å². The highest BCUT2D eigenvalue weighted by Crippen LogP contribution is 2.18. The van der Waals surface area contributed by atoms with Gasteiger partial charge in [-0.25, -0.2) is 0 Å². The molecule has 0 aliphatic heterocycles. The molecule has 2 amide bonds. The second-order valence-electron chi connectivity index (χ2n) is 4.57. The molecular formula is C16H15IN2O2. The van der Waals surface area contributed by atoms with E-state index >= 15 is 0 Å². The zero-order valence-corrected chi connectivity index (χ0v) is 13.9. The van der Waals surface area contributed by atoms with Crippen molar-refractivity contribution in [3.05, 3.63) is 62.7 Å². The van der Waals surface area contributed by atoms with Gasteiger partial charge in [-0.3, -0.25) is 9.59 Å². The number of anilines is 1. The minimum atomic E-state index is -0.191. The molecule has 2 N–H and O–H groups in total. The molecule has 0 unspecified atom stereocenters. The standard InChI is InChI=1S/C16H15IN2O2/c1-10-3-4-12(15(20)18-2)9-14(10)19-16(21)11-5-7-13(17)8-6-11/h3-9H,1-2H3,(H,18,20)(H,19,21). The Balaban J connectivity index is 2.24. The lowest BCUT2D eigenvalue weighted by atomic mass is 10.1. The largest absolute Gasteiger partial charge is 0.355 e. The molecule has 0 atom stereocenters. The molecule has 0 saturated heterocycles. The van der Waals surface area contributed by atoms with E-state index in [1.165, 1.54) is 0 Å². The fourth-order valence-corrected chi connectivity index (χ4v) is 2.20. The maximum absolute atomic E-state index is 12.2. The molecule has 0 bridgehead atoms. The van der Waals surface area contributed by atoms with E-state index in [9.17, 15) is 9.59 Å². The fraction of sp³-hybridized carbons (Fsp3) is 0.125. The van der Waals surface area contributed by atoms with Crippen molar-refractivity contribution in [2.75, 3.05) is 12.4 Å². The van der Waals surface area contributed by atoms with Crippen LogP contribution in [0, 0.1) is 10.5 Å². The van der Waals surface area contributed by atoms with Crippen LogP contribution in [0.1, 0.15) is 26.3 Å². The van der Waals surface area contributed by atoms with E-state index in [1.54, 1.807) is 31.3 Å². The van der Waals surface area contributed by atoms with Crippen molar-refractivity contribution in [2.24, 2.45) is 0 Å². The second-order valence-corrected chi connectivity index (χ2v) is 5.82. The number of hydrogen-bond donors (Lipinski definition) is 2. The summed E-state index contributed by atoms with van der Waals surface area (Å²) < 4.78 is 1.07. The van der Waals surface area contributed by atoms with E-state index in [0.717, 1.165) is 9.13 Å². The van der Waals surface area contributed by atoms with E-state index in [1.807, 2.05) is 25.1 Å². The molecule has 0 fully saturated rings. The van der Waals surface area contributed by atoms with Crippen LogP contribution >= 0.6 is 22.6 Å². The van der Waals surface area contributed by atoms with Crippen LogP contribution in [-0.4, -0.2) is 18.9 Å². The first kappa shape index (κ1) is 15.5. The third-order valence-electron chi connectivity index (χ3n) is 3.08. The van der Waals surface area contributed by atoms with Crippen LogP contribution in [0.4, 0.5) is 5.69 Å². The Hall–Kier alpha value is -1.89. The number of carbonyl (C=O) groups excluding carboxylic acids is 2. The molecule has 0 aliphatic carbocycles. The summed E-state index contributed by atoms with van der Waals surface area (Å²) in [5.74, 6) is -0.372. The molecule has 0 spiro atoms. The van der Waals surface area contributed by atoms with Crippen LogP contribution < -0.4 is 10.6 Å². The molecule has 108 valence electrons. The quantitative estimate of drug-likeness (QED) is 0.786. The van der Waals surface area contributed by atoms with Gasteiger partial charge in [0.1, 0.15) is 0 Å². The number of aryl methyl sites for hydroxylation is 1. The summed E-state index contributed by atoms with van der Waals surface area (Å²) in [5, 5.41) is 5.41. The number of rotatable bonds is 3. The van der Waals surface area contributed by atoms with Crippen molar-refractivity contribution in [1.82, 2.24) is 5.32 Å². The van der Waals surface area contributed by atoms with Gasteiger partial charge in [0.2, 0.25) is 0 Å². The normalized spacial score (nSPS) is 10.0. The first-order chi connectivity index (χ1) is 10.0. The number of amides is 2. The zero-order chi connectivity index (χ0) is 15.4. The number of carbonyl (C=O) groups is 2. The topological polar surface area (TPSA) is 58.2 Å². The predicted octanol–water partition coefficient (Wildman–Crippen LogP) is 3.21.